The zero-order valence-electron chi connectivity index (χ0n) is 7.68. The average Bonchev–Trinajstić information content (AvgIpc) is 1.97. The highest BCUT2D eigenvalue weighted by Gasteiger charge is 1.95. The zero-order valence-corrected chi connectivity index (χ0v) is 8.50. The van der Waals surface area contributed by atoms with Crippen molar-refractivity contribution in [2.75, 3.05) is 13.1 Å². The van der Waals surface area contributed by atoms with Crippen LogP contribution in [-0.4, -0.2) is 30.6 Å². The predicted octanol–water partition coefficient (Wildman–Crippen LogP) is -0.333. The third-order valence-electron chi connectivity index (χ3n) is 1.30. The Balaban J connectivity index is 0. The van der Waals surface area contributed by atoms with Crippen molar-refractivity contribution in [2.45, 2.75) is 19.8 Å². The summed E-state index contributed by atoms with van der Waals surface area (Å²) in [5.74, 6) is 0.651. The van der Waals surface area contributed by atoms with E-state index in [0.29, 0.717) is 5.92 Å². The molecule has 6 N–H and O–H groups in total. The summed E-state index contributed by atoms with van der Waals surface area (Å²) in [6.07, 6.45) is 2.28. The van der Waals surface area contributed by atoms with Gasteiger partial charge in [0.2, 0.25) is 0 Å². The van der Waals surface area contributed by atoms with Crippen LogP contribution in [0.15, 0.2) is 0 Å². The van der Waals surface area contributed by atoms with E-state index in [2.05, 4.69) is 6.92 Å². The van der Waals surface area contributed by atoms with Gasteiger partial charge in [-0.3, -0.25) is 9.11 Å². The lowest BCUT2D eigenvalue weighted by Gasteiger charge is -2.04. The van der Waals surface area contributed by atoms with Crippen molar-refractivity contribution in [3.8, 4) is 0 Å². The number of hydrogen-bond acceptors (Lipinski definition) is 4. The predicted molar refractivity (Wildman–Crippen MR) is 50.7 cm³/mol. The molecule has 0 spiro atoms. The molecule has 0 heterocycles. The second kappa shape index (κ2) is 8.39. The molecule has 0 rings (SSSR count). The van der Waals surface area contributed by atoms with Crippen LogP contribution in [0, 0.1) is 5.92 Å². The van der Waals surface area contributed by atoms with Crippen LogP contribution in [0.25, 0.3) is 0 Å². The first-order chi connectivity index (χ1) is 5.81. The Morgan fingerprint density at radius 3 is 1.92 bits per heavy atom. The highest BCUT2D eigenvalue weighted by Crippen LogP contribution is 2.00. The molecule has 0 aromatic carbocycles. The van der Waals surface area contributed by atoms with Crippen LogP contribution >= 0.6 is 0 Å². The van der Waals surface area contributed by atoms with E-state index >= 15 is 0 Å². The molecule has 13 heavy (non-hydrogen) atoms. The van der Waals surface area contributed by atoms with Crippen molar-refractivity contribution in [1.82, 2.24) is 0 Å². The second-order valence-corrected chi connectivity index (χ2v) is 3.62. The number of rotatable bonds is 4. The van der Waals surface area contributed by atoms with E-state index in [1.165, 1.54) is 6.42 Å². The van der Waals surface area contributed by atoms with Crippen molar-refractivity contribution in [2.24, 2.45) is 17.4 Å². The molecular formula is C6H18N2O4S. The summed E-state index contributed by atoms with van der Waals surface area (Å²) in [4.78, 5) is 0. The topological polar surface area (TPSA) is 127 Å². The molecule has 0 aliphatic rings. The van der Waals surface area contributed by atoms with Gasteiger partial charge >= 0.3 is 10.4 Å². The Labute approximate surface area is 78.9 Å². The van der Waals surface area contributed by atoms with Gasteiger partial charge in [-0.1, -0.05) is 6.92 Å². The Kier molecular flexibility index (Phi) is 9.86. The molecule has 1 atom stereocenters. The van der Waals surface area contributed by atoms with Gasteiger partial charge in [0, 0.05) is 0 Å². The maximum atomic E-state index is 8.74. The van der Waals surface area contributed by atoms with E-state index in [1.807, 2.05) is 0 Å². The van der Waals surface area contributed by atoms with Gasteiger partial charge in [-0.2, -0.15) is 8.42 Å². The first-order valence-electron chi connectivity index (χ1n) is 3.91. The zero-order chi connectivity index (χ0) is 10.9. The van der Waals surface area contributed by atoms with Gasteiger partial charge in [0.25, 0.3) is 0 Å². The van der Waals surface area contributed by atoms with Gasteiger partial charge in [0.1, 0.15) is 0 Å². The minimum Gasteiger partial charge on any atom is -0.330 e. The van der Waals surface area contributed by atoms with Crippen LogP contribution in [0.2, 0.25) is 0 Å². The first kappa shape index (κ1) is 15.3. The van der Waals surface area contributed by atoms with E-state index in [4.69, 9.17) is 29.0 Å². The second-order valence-electron chi connectivity index (χ2n) is 2.72. The maximum Gasteiger partial charge on any atom is 0.394 e. The lowest BCUT2D eigenvalue weighted by Crippen LogP contribution is -2.12. The first-order valence-corrected chi connectivity index (χ1v) is 5.31. The summed E-state index contributed by atoms with van der Waals surface area (Å²) >= 11 is 0. The van der Waals surface area contributed by atoms with Gasteiger partial charge in [0.05, 0.1) is 0 Å². The highest BCUT2D eigenvalue weighted by atomic mass is 32.3. The van der Waals surface area contributed by atoms with Crippen LogP contribution in [-0.2, 0) is 10.4 Å². The van der Waals surface area contributed by atoms with E-state index in [-0.39, 0.29) is 0 Å². The van der Waals surface area contributed by atoms with Crippen LogP contribution in [0.5, 0.6) is 0 Å². The Bertz CT molecular complexity index is 185. The van der Waals surface area contributed by atoms with E-state index < -0.39 is 10.4 Å². The summed E-state index contributed by atoms with van der Waals surface area (Å²) < 4.78 is 31.6. The summed E-state index contributed by atoms with van der Waals surface area (Å²) in [5.41, 5.74) is 10.7. The van der Waals surface area contributed by atoms with Crippen molar-refractivity contribution < 1.29 is 17.5 Å². The fourth-order valence-corrected chi connectivity index (χ4v) is 0.584. The summed E-state index contributed by atoms with van der Waals surface area (Å²) in [6, 6.07) is 0. The summed E-state index contributed by atoms with van der Waals surface area (Å²) in [6.45, 7) is 3.74. The number of hydrogen-bond donors (Lipinski definition) is 4. The van der Waals surface area contributed by atoms with Crippen molar-refractivity contribution in [1.29, 1.82) is 0 Å². The molecule has 0 bridgehead atoms. The number of nitrogens with two attached hydrogens (primary N) is 2. The molecular weight excluding hydrogens is 196 g/mol. The Morgan fingerprint density at radius 2 is 1.69 bits per heavy atom. The van der Waals surface area contributed by atoms with Crippen LogP contribution in [0.3, 0.4) is 0 Å². The fraction of sp³-hybridized carbons (Fsp3) is 1.00. The smallest absolute Gasteiger partial charge is 0.330 e. The van der Waals surface area contributed by atoms with Gasteiger partial charge in [0.15, 0.2) is 0 Å². The molecule has 0 amide bonds. The molecule has 0 aromatic heterocycles. The lowest BCUT2D eigenvalue weighted by molar-refractivity contribution is 0.381. The van der Waals surface area contributed by atoms with Crippen LogP contribution in [0.1, 0.15) is 19.8 Å². The molecule has 0 saturated heterocycles. The highest BCUT2D eigenvalue weighted by molar-refractivity contribution is 7.79. The molecule has 0 fully saturated rings. The maximum absolute atomic E-state index is 8.74. The molecule has 0 radical (unpaired) electrons. The van der Waals surface area contributed by atoms with Gasteiger partial charge in [-0.05, 0) is 31.8 Å². The monoisotopic (exact) mass is 214 g/mol. The molecule has 0 saturated carbocycles. The Hall–Kier alpha value is -0.210. The SMILES string of the molecule is CC(CN)CCCN.O=S(=O)(O)O. The molecule has 7 heteroatoms. The van der Waals surface area contributed by atoms with Crippen molar-refractivity contribution in [3.63, 3.8) is 0 Å². The average molecular weight is 214 g/mol. The van der Waals surface area contributed by atoms with Crippen molar-refractivity contribution >= 4 is 10.4 Å². The third-order valence-corrected chi connectivity index (χ3v) is 1.30. The summed E-state index contributed by atoms with van der Waals surface area (Å²) in [5, 5.41) is 0. The van der Waals surface area contributed by atoms with Gasteiger partial charge in [-0.15, -0.1) is 0 Å². The Morgan fingerprint density at radius 1 is 1.31 bits per heavy atom. The van der Waals surface area contributed by atoms with E-state index in [0.717, 1.165) is 19.5 Å². The standard InChI is InChI=1S/C6H16N2.H2O4S/c1-6(5-8)3-2-4-7;1-5(2,3)4/h6H,2-5,7-8H2,1H3;(H2,1,2,3,4). The summed E-state index contributed by atoms with van der Waals surface area (Å²) in [7, 11) is -4.67. The van der Waals surface area contributed by atoms with E-state index in [9.17, 15) is 0 Å². The third kappa shape index (κ3) is 33.7. The fourth-order valence-electron chi connectivity index (χ4n) is 0.584. The lowest BCUT2D eigenvalue weighted by atomic mass is 10.1. The van der Waals surface area contributed by atoms with Crippen molar-refractivity contribution in [3.05, 3.63) is 0 Å². The van der Waals surface area contributed by atoms with Gasteiger partial charge < -0.3 is 11.5 Å². The van der Waals surface area contributed by atoms with Gasteiger partial charge in [-0.25, -0.2) is 0 Å². The van der Waals surface area contributed by atoms with E-state index in [1.54, 1.807) is 0 Å². The van der Waals surface area contributed by atoms with Crippen LogP contribution < -0.4 is 11.5 Å². The molecule has 0 aliphatic carbocycles. The van der Waals surface area contributed by atoms with Crippen LogP contribution in [0.4, 0.5) is 0 Å². The largest absolute Gasteiger partial charge is 0.394 e. The minimum absolute atomic E-state index is 0.651. The molecule has 0 aromatic rings. The molecule has 1 unspecified atom stereocenters. The molecule has 6 nitrogen and oxygen atoms in total. The molecule has 0 aliphatic heterocycles. The molecule has 82 valence electrons. The quantitative estimate of drug-likeness (QED) is 0.474. The normalized spacial score (nSPS) is 13.0. The minimum atomic E-state index is -4.67.